The number of hydrogen-bond donors (Lipinski definition) is 2. The van der Waals surface area contributed by atoms with Crippen molar-refractivity contribution in [3.8, 4) is 0 Å². The smallest absolute Gasteiger partial charge is 0.408 e. The molecule has 4 rings (SSSR count). The Labute approximate surface area is 257 Å². The predicted octanol–water partition coefficient (Wildman–Crippen LogP) is 3.35. The number of carbonyl (C=O) groups excluding carboxylic acids is 4. The van der Waals surface area contributed by atoms with Gasteiger partial charge in [-0.25, -0.2) is 9.18 Å². The van der Waals surface area contributed by atoms with Crippen LogP contribution in [0.25, 0.3) is 0 Å². The summed E-state index contributed by atoms with van der Waals surface area (Å²) in [5.74, 6) is -1.55. The van der Waals surface area contributed by atoms with E-state index in [4.69, 9.17) is 9.47 Å². The quantitative estimate of drug-likeness (QED) is 0.425. The van der Waals surface area contributed by atoms with Gasteiger partial charge in [-0.15, -0.1) is 0 Å². The third-order valence-electron chi connectivity index (χ3n) is 7.58. The monoisotopic (exact) mass is 608 g/mol. The van der Waals surface area contributed by atoms with Crippen LogP contribution in [0.4, 0.5) is 9.18 Å². The van der Waals surface area contributed by atoms with Crippen LogP contribution in [-0.2, 0) is 36.9 Å². The number of halogens is 1. The molecule has 0 saturated carbocycles. The number of nitrogens with zero attached hydrogens (tertiary/aromatic N) is 2. The highest BCUT2D eigenvalue weighted by molar-refractivity contribution is 6.01. The lowest BCUT2D eigenvalue weighted by atomic mass is 9.84. The van der Waals surface area contributed by atoms with Crippen LogP contribution in [0.3, 0.4) is 0 Å². The first-order valence-corrected chi connectivity index (χ1v) is 14.6. The topological polar surface area (TPSA) is 117 Å². The van der Waals surface area contributed by atoms with Crippen LogP contribution in [0.5, 0.6) is 0 Å². The van der Waals surface area contributed by atoms with E-state index in [0.29, 0.717) is 13.1 Å². The van der Waals surface area contributed by atoms with E-state index in [9.17, 15) is 23.6 Å². The van der Waals surface area contributed by atoms with Crippen molar-refractivity contribution in [3.05, 3.63) is 83.8 Å². The van der Waals surface area contributed by atoms with Crippen molar-refractivity contribution in [3.63, 3.8) is 0 Å². The average Bonchev–Trinajstić information content (AvgIpc) is 3.27. The minimum Gasteiger partial charge on any atom is -0.444 e. The minimum atomic E-state index is -1.42. The molecule has 10 nitrogen and oxygen atoms in total. The van der Waals surface area contributed by atoms with Crippen LogP contribution in [0.2, 0.25) is 0 Å². The molecule has 2 aliphatic heterocycles. The van der Waals surface area contributed by atoms with E-state index in [2.05, 4.69) is 10.6 Å². The number of ether oxygens (including phenoxy) is 2. The summed E-state index contributed by atoms with van der Waals surface area (Å²) < 4.78 is 24.8. The fourth-order valence-corrected chi connectivity index (χ4v) is 5.27. The van der Waals surface area contributed by atoms with Crippen molar-refractivity contribution in [1.29, 1.82) is 0 Å². The molecule has 2 atom stereocenters. The highest BCUT2D eigenvalue weighted by Gasteiger charge is 2.50. The van der Waals surface area contributed by atoms with Gasteiger partial charge < -0.3 is 29.9 Å². The molecule has 1 saturated heterocycles. The number of fused-ring (bicyclic) bond motifs is 1. The van der Waals surface area contributed by atoms with Gasteiger partial charge in [-0.2, -0.15) is 0 Å². The molecule has 0 unspecified atom stereocenters. The Morgan fingerprint density at radius 2 is 1.66 bits per heavy atom. The molecule has 236 valence electrons. The molecule has 1 fully saturated rings. The summed E-state index contributed by atoms with van der Waals surface area (Å²) in [5.41, 5.74) is -1.59. The van der Waals surface area contributed by atoms with E-state index in [0.717, 1.165) is 11.1 Å². The molecule has 2 heterocycles. The Morgan fingerprint density at radius 1 is 0.977 bits per heavy atom. The van der Waals surface area contributed by atoms with Crippen LogP contribution < -0.4 is 10.6 Å². The maximum atomic E-state index is 14.1. The maximum Gasteiger partial charge on any atom is 0.408 e. The Balaban J connectivity index is 1.52. The van der Waals surface area contributed by atoms with Crippen LogP contribution >= 0.6 is 0 Å². The average molecular weight is 609 g/mol. The van der Waals surface area contributed by atoms with Crippen molar-refractivity contribution >= 4 is 23.7 Å². The zero-order valence-electron chi connectivity index (χ0n) is 25.9. The summed E-state index contributed by atoms with van der Waals surface area (Å²) in [5, 5.41) is 5.33. The van der Waals surface area contributed by atoms with Crippen molar-refractivity contribution in [1.82, 2.24) is 20.4 Å². The molecule has 2 aromatic carbocycles. The molecule has 0 spiro atoms. The van der Waals surface area contributed by atoms with Gasteiger partial charge in [-0.1, -0.05) is 42.5 Å². The molecular formula is C33H41FN4O6. The van der Waals surface area contributed by atoms with E-state index in [1.54, 1.807) is 44.0 Å². The van der Waals surface area contributed by atoms with Crippen LogP contribution in [0, 0.1) is 5.82 Å². The predicted molar refractivity (Wildman–Crippen MR) is 162 cm³/mol. The van der Waals surface area contributed by atoms with E-state index < -0.39 is 40.6 Å². The third-order valence-corrected chi connectivity index (χ3v) is 7.58. The van der Waals surface area contributed by atoms with Crippen LogP contribution in [-0.4, -0.2) is 82.5 Å². The number of ketones is 1. The number of hydrogen-bond acceptors (Lipinski definition) is 7. The lowest BCUT2D eigenvalue weighted by Gasteiger charge is -2.47. The summed E-state index contributed by atoms with van der Waals surface area (Å²) in [6.07, 6.45) is 2.75. The third kappa shape index (κ3) is 8.02. The van der Waals surface area contributed by atoms with Gasteiger partial charge in [-0.3, -0.25) is 14.4 Å². The van der Waals surface area contributed by atoms with E-state index in [1.165, 1.54) is 32.1 Å². The Hall–Kier alpha value is -4.25. The largest absolute Gasteiger partial charge is 0.444 e. The second-order valence-corrected chi connectivity index (χ2v) is 12.7. The maximum absolute atomic E-state index is 14.1. The van der Waals surface area contributed by atoms with E-state index in [1.807, 2.05) is 35.2 Å². The minimum absolute atomic E-state index is 0.0691. The lowest BCUT2D eigenvalue weighted by Crippen LogP contribution is -2.67. The molecule has 3 amide bonds. The first-order valence-electron chi connectivity index (χ1n) is 14.6. The highest BCUT2D eigenvalue weighted by atomic mass is 19.1. The highest BCUT2D eigenvalue weighted by Crippen LogP contribution is 2.32. The molecule has 0 aromatic heterocycles. The van der Waals surface area contributed by atoms with E-state index in [-0.39, 0.29) is 37.8 Å². The fraction of sp³-hybridized carbons (Fsp3) is 0.455. The molecule has 0 bridgehead atoms. The molecule has 2 aromatic rings. The summed E-state index contributed by atoms with van der Waals surface area (Å²) in [7, 11) is 0. The lowest BCUT2D eigenvalue weighted by molar-refractivity contribution is -0.145. The molecular weight excluding hydrogens is 567 g/mol. The summed E-state index contributed by atoms with van der Waals surface area (Å²) in [6.45, 7) is 9.02. The first kappa shape index (κ1) is 32.7. The molecule has 0 aliphatic carbocycles. The van der Waals surface area contributed by atoms with Gasteiger partial charge in [0.05, 0.1) is 19.8 Å². The Morgan fingerprint density at radius 3 is 2.32 bits per heavy atom. The summed E-state index contributed by atoms with van der Waals surface area (Å²) >= 11 is 0. The van der Waals surface area contributed by atoms with Crippen molar-refractivity contribution < 1.29 is 33.0 Å². The van der Waals surface area contributed by atoms with Gasteiger partial charge in [0, 0.05) is 25.7 Å². The summed E-state index contributed by atoms with van der Waals surface area (Å²) in [4.78, 5) is 56.7. The molecule has 0 radical (unpaired) electrons. The van der Waals surface area contributed by atoms with Gasteiger partial charge in [0.1, 0.15) is 28.5 Å². The SMILES string of the molecule is CC(C)(C)OC(=O)NC(C)(C)C(=O)N[C@H](COCc1ccccc1)C(=O)N1CCN2C=CC(=O)[C@]2(Cc2ccc(F)cc2)C1. The second kappa shape index (κ2) is 13.2. The Kier molecular flexibility index (Phi) is 9.78. The Bertz CT molecular complexity index is 1390. The number of nitrogens with one attached hydrogen (secondary N) is 2. The zero-order chi connectivity index (χ0) is 32.1. The number of rotatable bonds is 10. The number of carbonyl (C=O) groups is 4. The number of alkyl carbamates (subject to hydrolysis) is 1. The number of amides is 3. The molecule has 2 N–H and O–H groups in total. The second-order valence-electron chi connectivity index (χ2n) is 12.7. The van der Waals surface area contributed by atoms with Gasteiger partial charge >= 0.3 is 6.09 Å². The van der Waals surface area contributed by atoms with Crippen LogP contribution in [0.1, 0.15) is 45.7 Å². The van der Waals surface area contributed by atoms with Gasteiger partial charge in [0.2, 0.25) is 11.8 Å². The molecule has 2 aliphatic rings. The zero-order valence-corrected chi connectivity index (χ0v) is 25.9. The van der Waals surface area contributed by atoms with Gasteiger partial charge in [-0.05, 0) is 64.0 Å². The molecule has 11 heteroatoms. The molecule has 44 heavy (non-hydrogen) atoms. The van der Waals surface area contributed by atoms with Gasteiger partial charge in [0.25, 0.3) is 0 Å². The normalized spacial score (nSPS) is 18.9. The number of benzene rings is 2. The van der Waals surface area contributed by atoms with E-state index >= 15 is 0 Å². The van der Waals surface area contributed by atoms with Crippen molar-refractivity contribution in [2.75, 3.05) is 26.2 Å². The van der Waals surface area contributed by atoms with Gasteiger partial charge in [0.15, 0.2) is 5.78 Å². The van der Waals surface area contributed by atoms with Crippen molar-refractivity contribution in [2.45, 2.75) is 70.4 Å². The summed E-state index contributed by atoms with van der Waals surface area (Å²) in [6, 6.07) is 14.3. The fourth-order valence-electron chi connectivity index (χ4n) is 5.27. The van der Waals surface area contributed by atoms with Crippen molar-refractivity contribution in [2.24, 2.45) is 0 Å². The standard InChI is InChI=1S/C33H41FN4O6/c1-31(2,3)44-30(42)36-32(4,5)29(41)35-26(21-43-20-24-9-7-6-8-10-24)28(40)37-17-18-38-16-15-27(39)33(38,22-37)19-23-11-13-25(34)14-12-23/h6-16,26H,17-22H2,1-5H3,(H,35,41)(H,36,42)/t26-,33+/m1/s1. The first-order chi connectivity index (χ1) is 20.7. The number of piperazine rings is 1. The van der Waals surface area contributed by atoms with Crippen LogP contribution in [0.15, 0.2) is 66.9 Å².